The lowest BCUT2D eigenvalue weighted by Crippen LogP contribution is -2.44. The summed E-state index contributed by atoms with van der Waals surface area (Å²) < 4.78 is 14.1. The number of ether oxygens (including phenoxy) is 2. The highest BCUT2D eigenvalue weighted by atomic mass is 16.6. The van der Waals surface area contributed by atoms with Crippen LogP contribution in [0.4, 0.5) is 4.79 Å². The first-order chi connectivity index (χ1) is 27.6. The SMILES string of the molecule is CCc1c2c(nc3ccc(OC(=O)N4CCC(C)=C(/C=C(\C)n5c(-c6cc(C(C)C)c(O)cc6O)n[nH]c5=O)C4)cc13)-c1cc3c(c(=O)n1C2)COC(=O)C3(O)CC. The number of phenols is 2. The van der Waals surface area contributed by atoms with E-state index in [0.717, 1.165) is 27.7 Å². The van der Waals surface area contributed by atoms with Gasteiger partial charge in [0, 0.05) is 41.4 Å². The number of pyridine rings is 2. The Labute approximate surface area is 332 Å². The summed E-state index contributed by atoms with van der Waals surface area (Å²) in [6.45, 7) is 11.9. The van der Waals surface area contributed by atoms with Crippen molar-refractivity contribution in [3.8, 4) is 40.0 Å². The Morgan fingerprint density at radius 2 is 1.84 bits per heavy atom. The molecule has 5 aromatic rings. The van der Waals surface area contributed by atoms with Crippen molar-refractivity contribution >= 4 is 28.7 Å². The number of carbonyl (C=O) groups excluding carboxylic acids is 2. The summed E-state index contributed by atoms with van der Waals surface area (Å²) >= 11 is 0. The van der Waals surface area contributed by atoms with Crippen LogP contribution < -0.4 is 16.0 Å². The number of phenolic OH excluding ortho intramolecular Hbond substituents is 2. The fraction of sp³-hybridized carbons (Fsp3) is 0.349. The quantitative estimate of drug-likeness (QED) is 0.142. The first kappa shape index (κ1) is 38.4. The molecular weight excluding hydrogens is 745 g/mol. The Morgan fingerprint density at radius 1 is 1.07 bits per heavy atom. The third kappa shape index (κ3) is 6.08. The lowest BCUT2D eigenvalue weighted by Gasteiger charge is -2.31. The molecule has 15 heteroatoms. The third-order valence-electron chi connectivity index (χ3n) is 11.7. The van der Waals surface area contributed by atoms with Gasteiger partial charge in [0.15, 0.2) is 11.4 Å². The lowest BCUT2D eigenvalue weighted by atomic mass is 9.86. The van der Waals surface area contributed by atoms with Crippen molar-refractivity contribution < 1.29 is 34.4 Å². The van der Waals surface area contributed by atoms with Crippen molar-refractivity contribution in [2.75, 3.05) is 13.1 Å². The summed E-state index contributed by atoms with van der Waals surface area (Å²) in [5.74, 6) is -0.608. The van der Waals surface area contributed by atoms with Crippen LogP contribution in [0.1, 0.15) is 88.1 Å². The summed E-state index contributed by atoms with van der Waals surface area (Å²) in [6.07, 6.45) is 2.49. The van der Waals surface area contributed by atoms with Crippen LogP contribution in [-0.2, 0) is 34.7 Å². The molecule has 0 radical (unpaired) electrons. The maximum Gasteiger partial charge on any atom is 0.415 e. The highest BCUT2D eigenvalue weighted by Crippen LogP contribution is 2.41. The Morgan fingerprint density at radius 3 is 2.57 bits per heavy atom. The number of cyclic esters (lactones) is 1. The van der Waals surface area contributed by atoms with Crippen molar-refractivity contribution in [1.82, 2.24) is 29.2 Å². The topological polar surface area (TPSA) is 202 Å². The van der Waals surface area contributed by atoms with Gasteiger partial charge in [-0.05, 0) is 92.1 Å². The largest absolute Gasteiger partial charge is 0.508 e. The van der Waals surface area contributed by atoms with Crippen LogP contribution in [0.5, 0.6) is 17.2 Å². The molecule has 3 aliphatic rings. The smallest absolute Gasteiger partial charge is 0.415 e. The highest BCUT2D eigenvalue weighted by molar-refractivity contribution is 5.90. The van der Waals surface area contributed by atoms with Crippen LogP contribution in [-0.4, -0.2) is 69.7 Å². The van der Waals surface area contributed by atoms with E-state index < -0.39 is 23.4 Å². The van der Waals surface area contributed by atoms with E-state index in [-0.39, 0.29) is 71.6 Å². The average molecular weight is 789 g/mol. The molecular formula is C43H44N6O9. The molecule has 6 heterocycles. The van der Waals surface area contributed by atoms with Gasteiger partial charge in [0.2, 0.25) is 0 Å². The van der Waals surface area contributed by atoms with Gasteiger partial charge >= 0.3 is 17.8 Å². The normalized spacial score (nSPS) is 17.8. The number of nitrogens with one attached hydrogen (secondary N) is 1. The first-order valence-corrected chi connectivity index (χ1v) is 19.3. The third-order valence-corrected chi connectivity index (χ3v) is 11.7. The summed E-state index contributed by atoms with van der Waals surface area (Å²) in [5, 5.41) is 39.8. The molecule has 1 unspecified atom stereocenters. The molecule has 4 N–H and O–H groups in total. The number of fused-ring (bicyclic) bond motifs is 5. The van der Waals surface area contributed by atoms with Crippen LogP contribution in [0.2, 0.25) is 0 Å². The number of benzene rings is 2. The van der Waals surface area contributed by atoms with Crippen molar-refractivity contribution in [3.63, 3.8) is 0 Å². The highest BCUT2D eigenvalue weighted by Gasteiger charge is 2.45. The number of hydrogen-bond acceptors (Lipinski definition) is 11. The van der Waals surface area contributed by atoms with E-state index in [9.17, 15) is 34.5 Å². The minimum atomic E-state index is -1.92. The molecule has 8 rings (SSSR count). The first-order valence-electron chi connectivity index (χ1n) is 19.3. The van der Waals surface area contributed by atoms with E-state index in [1.807, 2.05) is 33.8 Å². The van der Waals surface area contributed by atoms with Crippen LogP contribution in [0.15, 0.2) is 63.2 Å². The Hall–Kier alpha value is -6.48. The van der Waals surface area contributed by atoms with Gasteiger partial charge in [-0.2, -0.15) is 5.10 Å². The summed E-state index contributed by atoms with van der Waals surface area (Å²) in [4.78, 5) is 59.6. The van der Waals surface area contributed by atoms with Crippen LogP contribution in [0, 0.1) is 0 Å². The van der Waals surface area contributed by atoms with E-state index in [1.54, 1.807) is 53.6 Å². The molecule has 1 amide bonds. The van der Waals surface area contributed by atoms with Crippen molar-refractivity contribution in [3.05, 3.63) is 102 Å². The number of nitrogens with zero attached hydrogens (tertiary/aromatic N) is 5. The number of aliphatic hydroxyl groups is 1. The molecule has 0 saturated heterocycles. The van der Waals surface area contributed by atoms with Gasteiger partial charge in [-0.1, -0.05) is 33.3 Å². The second-order valence-corrected chi connectivity index (χ2v) is 15.5. The standard InChI is InChI=1S/C43H44N6O9/c1-7-26-28-14-25(9-10-33(28)44-37-30(26)19-48-34(37)16-32-31(39(48)52)20-57-40(53)43(32,56)8-2)58-42(55)47-12-11-22(5)24(18-47)13-23(6)49-38(45-46-41(49)54)29-15-27(21(3)4)35(50)17-36(29)51/h9-10,13-17,21,50-51,56H,7-8,11-12,18-20H2,1-6H3,(H,46,54)/b23-13+. The number of amides is 1. The van der Waals surface area contributed by atoms with Crippen molar-refractivity contribution in [1.29, 1.82) is 0 Å². The van der Waals surface area contributed by atoms with Gasteiger partial charge in [0.05, 0.1) is 34.6 Å². The zero-order valence-electron chi connectivity index (χ0n) is 33.1. The zero-order chi connectivity index (χ0) is 41.4. The molecule has 3 aromatic heterocycles. The molecule has 0 fully saturated rings. The summed E-state index contributed by atoms with van der Waals surface area (Å²) in [5.41, 5.74) is 4.50. The molecule has 58 heavy (non-hydrogen) atoms. The second-order valence-electron chi connectivity index (χ2n) is 15.5. The monoisotopic (exact) mass is 788 g/mol. The molecule has 0 aliphatic carbocycles. The average Bonchev–Trinajstić information content (AvgIpc) is 3.76. The Kier molecular flexibility index (Phi) is 9.38. The van der Waals surface area contributed by atoms with E-state index in [2.05, 4.69) is 10.2 Å². The number of carbonyl (C=O) groups is 2. The van der Waals surface area contributed by atoms with Crippen LogP contribution in [0.3, 0.4) is 0 Å². The zero-order valence-corrected chi connectivity index (χ0v) is 33.1. The predicted molar refractivity (Wildman–Crippen MR) is 214 cm³/mol. The van der Waals surface area contributed by atoms with Gasteiger partial charge < -0.3 is 34.3 Å². The van der Waals surface area contributed by atoms with E-state index in [4.69, 9.17) is 14.5 Å². The van der Waals surface area contributed by atoms with Gasteiger partial charge in [0.25, 0.3) is 5.56 Å². The van der Waals surface area contributed by atoms with Crippen molar-refractivity contribution in [2.45, 2.75) is 85.5 Å². The molecule has 300 valence electrons. The fourth-order valence-corrected chi connectivity index (χ4v) is 8.34. The lowest BCUT2D eigenvalue weighted by molar-refractivity contribution is -0.172. The molecule has 0 saturated carbocycles. The minimum absolute atomic E-state index is 0.0490. The van der Waals surface area contributed by atoms with Crippen LogP contribution in [0.25, 0.3) is 39.4 Å². The summed E-state index contributed by atoms with van der Waals surface area (Å²) in [6, 6.07) is 9.78. The van der Waals surface area contributed by atoms with E-state index in [1.165, 1.54) is 10.6 Å². The number of aromatic hydroxyl groups is 2. The number of allylic oxidation sites excluding steroid dienone is 1. The second kappa shape index (κ2) is 14.2. The van der Waals surface area contributed by atoms with Gasteiger partial charge in [-0.3, -0.25) is 4.79 Å². The minimum Gasteiger partial charge on any atom is -0.508 e. The molecule has 3 aliphatic heterocycles. The number of esters is 1. The maximum absolute atomic E-state index is 13.7. The molecule has 15 nitrogen and oxygen atoms in total. The number of aryl methyl sites for hydroxylation is 1. The predicted octanol–water partition coefficient (Wildman–Crippen LogP) is 5.81. The maximum atomic E-state index is 13.7. The number of rotatable bonds is 7. The van der Waals surface area contributed by atoms with Gasteiger partial charge in [-0.25, -0.2) is 29.0 Å². The molecule has 1 atom stereocenters. The Balaban J connectivity index is 1.06. The summed E-state index contributed by atoms with van der Waals surface area (Å²) in [7, 11) is 0. The molecule has 0 bridgehead atoms. The number of hydrogen-bond donors (Lipinski definition) is 4. The number of aromatic nitrogens is 5. The molecule has 2 aromatic carbocycles. The van der Waals surface area contributed by atoms with E-state index >= 15 is 0 Å². The van der Waals surface area contributed by atoms with E-state index in [0.29, 0.717) is 53.3 Å². The number of H-pyrrole nitrogens is 1. The van der Waals surface area contributed by atoms with Gasteiger partial charge in [-0.15, -0.1) is 0 Å². The van der Waals surface area contributed by atoms with Gasteiger partial charge in [0.1, 0.15) is 23.9 Å². The fourth-order valence-electron chi connectivity index (χ4n) is 8.34. The van der Waals surface area contributed by atoms with Crippen LogP contribution >= 0.6 is 0 Å². The van der Waals surface area contributed by atoms with Crippen molar-refractivity contribution in [2.24, 2.45) is 0 Å². The Bertz CT molecular complexity index is 2770. The molecule has 0 spiro atoms. The number of aromatic amines is 1.